The molecule has 116 valence electrons. The van der Waals surface area contributed by atoms with Crippen molar-refractivity contribution in [2.45, 2.75) is 58.6 Å². The van der Waals surface area contributed by atoms with Gasteiger partial charge < -0.3 is 20.7 Å². The zero-order valence-electron chi connectivity index (χ0n) is 13.0. The number of ether oxygens (including phenoxy) is 1. The molecular formula is C16H23NO4. The van der Waals surface area contributed by atoms with Crippen LogP contribution in [-0.2, 0) is 11.2 Å². The Labute approximate surface area is 124 Å². The number of hydrogen-bond donors (Lipinski definition) is 3. The Morgan fingerprint density at radius 3 is 2.52 bits per heavy atom. The van der Waals surface area contributed by atoms with Crippen LogP contribution in [0.5, 0.6) is 11.5 Å². The first-order chi connectivity index (χ1) is 9.67. The fraction of sp³-hybridized carbons (Fsp3) is 0.562. The average Bonchev–Trinajstić information content (AvgIpc) is 2.42. The average molecular weight is 293 g/mol. The van der Waals surface area contributed by atoms with Crippen LogP contribution in [0.25, 0.3) is 0 Å². The summed E-state index contributed by atoms with van der Waals surface area (Å²) in [5.41, 5.74) is 8.85. The van der Waals surface area contributed by atoms with Gasteiger partial charge in [-0.25, -0.2) is 0 Å². The normalized spacial score (nSPS) is 22.3. The first-order valence-corrected chi connectivity index (χ1v) is 7.15. The van der Waals surface area contributed by atoms with E-state index in [1.54, 1.807) is 0 Å². The zero-order chi connectivity index (χ0) is 15.9. The molecule has 4 N–H and O–H groups in total. The lowest BCUT2D eigenvalue weighted by atomic mass is 9.82. The van der Waals surface area contributed by atoms with Gasteiger partial charge in [-0.05, 0) is 57.2 Å². The summed E-state index contributed by atoms with van der Waals surface area (Å²) in [4.78, 5) is 10.9. The molecule has 21 heavy (non-hydrogen) atoms. The number of fused-ring (bicyclic) bond motifs is 1. The van der Waals surface area contributed by atoms with Crippen molar-refractivity contribution in [3.63, 3.8) is 0 Å². The summed E-state index contributed by atoms with van der Waals surface area (Å²) in [6.07, 6.45) is 1.23. The SMILES string of the molecule is Cc1c(C)c2c(c(C)c1O)CCC(C)(C(N)CC(=O)O)O2. The third-order valence-electron chi connectivity index (χ3n) is 4.73. The molecule has 5 nitrogen and oxygen atoms in total. The molecule has 1 aliphatic rings. The third kappa shape index (κ3) is 2.58. The molecule has 1 heterocycles. The summed E-state index contributed by atoms with van der Waals surface area (Å²) in [5.74, 6) is 0.138. The molecule has 5 heteroatoms. The highest BCUT2D eigenvalue weighted by molar-refractivity contribution is 5.68. The van der Waals surface area contributed by atoms with Gasteiger partial charge in [0.2, 0.25) is 0 Å². The van der Waals surface area contributed by atoms with Gasteiger partial charge in [-0.3, -0.25) is 4.79 Å². The molecule has 0 aromatic heterocycles. The smallest absolute Gasteiger partial charge is 0.305 e. The number of carbonyl (C=O) groups is 1. The van der Waals surface area contributed by atoms with E-state index in [1.807, 2.05) is 27.7 Å². The Balaban J connectivity index is 2.43. The molecule has 0 bridgehead atoms. The van der Waals surface area contributed by atoms with E-state index in [4.69, 9.17) is 15.6 Å². The van der Waals surface area contributed by atoms with Crippen molar-refractivity contribution in [1.29, 1.82) is 0 Å². The number of benzene rings is 1. The number of carboxylic acids is 1. The molecule has 2 rings (SSSR count). The van der Waals surface area contributed by atoms with E-state index in [1.165, 1.54) is 0 Å². The highest BCUT2D eigenvalue weighted by Crippen LogP contribution is 2.44. The van der Waals surface area contributed by atoms with Gasteiger partial charge in [-0.2, -0.15) is 0 Å². The number of aliphatic carboxylic acids is 1. The minimum Gasteiger partial charge on any atom is -0.507 e. The number of nitrogens with two attached hydrogens (primary N) is 1. The van der Waals surface area contributed by atoms with Gasteiger partial charge in [0.25, 0.3) is 0 Å². The van der Waals surface area contributed by atoms with Crippen LogP contribution in [0.3, 0.4) is 0 Å². The van der Waals surface area contributed by atoms with Gasteiger partial charge in [0, 0.05) is 5.56 Å². The lowest BCUT2D eigenvalue weighted by Gasteiger charge is -2.41. The predicted octanol–water partition coefficient (Wildman–Crippen LogP) is 2.20. The molecule has 0 fully saturated rings. The Morgan fingerprint density at radius 2 is 1.95 bits per heavy atom. The first-order valence-electron chi connectivity index (χ1n) is 7.15. The standard InChI is InChI=1S/C16H23NO4/c1-8-9(2)15-11(10(3)14(8)20)5-6-16(4,21-15)12(17)7-13(18)19/h12,20H,5-7,17H2,1-4H3,(H,18,19). The second kappa shape index (κ2) is 5.22. The number of hydrogen-bond acceptors (Lipinski definition) is 4. The van der Waals surface area contributed by atoms with Crippen molar-refractivity contribution in [2.24, 2.45) is 5.73 Å². The summed E-state index contributed by atoms with van der Waals surface area (Å²) < 4.78 is 6.13. The van der Waals surface area contributed by atoms with Crippen LogP contribution in [0.4, 0.5) is 0 Å². The van der Waals surface area contributed by atoms with Crippen molar-refractivity contribution >= 4 is 5.97 Å². The Morgan fingerprint density at radius 1 is 1.33 bits per heavy atom. The minimum absolute atomic E-state index is 0.124. The van der Waals surface area contributed by atoms with Crippen LogP contribution < -0.4 is 10.5 Å². The van der Waals surface area contributed by atoms with E-state index < -0.39 is 17.6 Å². The minimum atomic E-state index is -0.923. The number of rotatable bonds is 3. The fourth-order valence-electron chi connectivity index (χ4n) is 2.93. The van der Waals surface area contributed by atoms with Crippen molar-refractivity contribution < 1.29 is 19.7 Å². The Bertz CT molecular complexity index is 597. The third-order valence-corrected chi connectivity index (χ3v) is 4.73. The Hall–Kier alpha value is -1.75. The molecule has 0 radical (unpaired) electrons. The van der Waals surface area contributed by atoms with E-state index in [0.717, 1.165) is 34.4 Å². The zero-order valence-corrected chi connectivity index (χ0v) is 13.0. The number of phenols is 1. The van der Waals surface area contributed by atoms with Gasteiger partial charge >= 0.3 is 5.97 Å². The Kier molecular flexibility index (Phi) is 3.89. The second-order valence-corrected chi connectivity index (χ2v) is 6.15. The van der Waals surface area contributed by atoms with E-state index >= 15 is 0 Å². The van der Waals surface area contributed by atoms with Crippen LogP contribution >= 0.6 is 0 Å². The molecule has 0 amide bonds. The molecular weight excluding hydrogens is 270 g/mol. The molecule has 0 aliphatic carbocycles. The molecule has 0 spiro atoms. The van der Waals surface area contributed by atoms with Crippen molar-refractivity contribution in [3.05, 3.63) is 22.3 Å². The molecule has 1 aromatic carbocycles. The second-order valence-electron chi connectivity index (χ2n) is 6.15. The monoisotopic (exact) mass is 293 g/mol. The highest BCUT2D eigenvalue weighted by atomic mass is 16.5. The van der Waals surface area contributed by atoms with Crippen molar-refractivity contribution in [2.75, 3.05) is 0 Å². The molecule has 1 aromatic rings. The number of aromatic hydroxyl groups is 1. The van der Waals surface area contributed by atoms with E-state index in [-0.39, 0.29) is 6.42 Å². The van der Waals surface area contributed by atoms with E-state index in [2.05, 4.69) is 0 Å². The van der Waals surface area contributed by atoms with Gasteiger partial charge in [0.05, 0.1) is 12.5 Å². The topological polar surface area (TPSA) is 92.8 Å². The highest BCUT2D eigenvalue weighted by Gasteiger charge is 2.40. The van der Waals surface area contributed by atoms with Gasteiger partial charge in [-0.15, -0.1) is 0 Å². The quantitative estimate of drug-likeness (QED) is 0.794. The van der Waals surface area contributed by atoms with Crippen LogP contribution in [0.1, 0.15) is 42.0 Å². The van der Waals surface area contributed by atoms with Crippen LogP contribution in [0, 0.1) is 20.8 Å². The largest absolute Gasteiger partial charge is 0.507 e. The maximum Gasteiger partial charge on any atom is 0.305 e. The van der Waals surface area contributed by atoms with Crippen LogP contribution in [0.15, 0.2) is 0 Å². The molecule has 0 saturated carbocycles. The molecule has 0 saturated heterocycles. The molecule has 2 unspecified atom stereocenters. The van der Waals surface area contributed by atoms with E-state index in [0.29, 0.717) is 12.2 Å². The molecule has 1 aliphatic heterocycles. The lowest BCUT2D eigenvalue weighted by Crippen LogP contribution is -2.53. The first kappa shape index (κ1) is 15.6. The maximum atomic E-state index is 10.9. The maximum absolute atomic E-state index is 10.9. The van der Waals surface area contributed by atoms with Gasteiger partial charge in [-0.1, -0.05) is 0 Å². The molecule has 2 atom stereocenters. The summed E-state index contributed by atoms with van der Waals surface area (Å²) in [7, 11) is 0. The van der Waals surface area contributed by atoms with Gasteiger partial charge in [0.1, 0.15) is 17.1 Å². The van der Waals surface area contributed by atoms with Gasteiger partial charge in [0.15, 0.2) is 0 Å². The summed E-state index contributed by atoms with van der Waals surface area (Å²) in [6, 6.07) is -0.572. The number of carboxylic acid groups (broad SMARTS) is 1. The lowest BCUT2D eigenvalue weighted by molar-refractivity contribution is -0.138. The van der Waals surface area contributed by atoms with Crippen LogP contribution in [0.2, 0.25) is 0 Å². The summed E-state index contributed by atoms with van der Waals surface area (Å²) >= 11 is 0. The number of phenolic OH excluding ortho intramolecular Hbond substituents is 1. The summed E-state index contributed by atoms with van der Waals surface area (Å²) in [5, 5.41) is 19.1. The van der Waals surface area contributed by atoms with Crippen LogP contribution in [-0.4, -0.2) is 27.8 Å². The van der Waals surface area contributed by atoms with Crippen molar-refractivity contribution in [3.8, 4) is 11.5 Å². The predicted molar refractivity (Wildman–Crippen MR) is 79.9 cm³/mol. The fourth-order valence-corrected chi connectivity index (χ4v) is 2.93. The van der Waals surface area contributed by atoms with E-state index in [9.17, 15) is 9.90 Å². The van der Waals surface area contributed by atoms with Crippen molar-refractivity contribution in [1.82, 2.24) is 0 Å². The summed E-state index contributed by atoms with van der Waals surface area (Å²) in [6.45, 7) is 7.50.